The summed E-state index contributed by atoms with van der Waals surface area (Å²) in [5.41, 5.74) is 0. The second-order valence-electron chi connectivity index (χ2n) is 2.95. The Labute approximate surface area is 109 Å². The molecule has 0 unspecified atom stereocenters. The second kappa shape index (κ2) is 5.64. The zero-order valence-corrected chi connectivity index (χ0v) is 10.7. The molecule has 1 aromatic carbocycles. The maximum atomic E-state index is 12.0. The molecule has 0 amide bonds. The average molecular weight is 332 g/mol. The predicted molar refractivity (Wildman–Crippen MR) is 61.3 cm³/mol. The number of alkyl halides is 3. The molecule has 0 N–H and O–H groups in total. The summed E-state index contributed by atoms with van der Waals surface area (Å²) >= 11 is 8.43. The molecule has 17 heavy (non-hydrogen) atoms. The first-order valence-corrected chi connectivity index (χ1v) is 5.46. The number of hydrogen-bond acceptors (Lipinski definition) is 2. The molecule has 1 rings (SSSR count). The summed E-state index contributed by atoms with van der Waals surface area (Å²) in [7, 11) is 0. The van der Waals surface area contributed by atoms with Gasteiger partial charge in [0, 0.05) is 5.03 Å². The van der Waals surface area contributed by atoms with E-state index < -0.39 is 6.36 Å². The molecule has 0 atom stereocenters. The van der Waals surface area contributed by atoms with Crippen LogP contribution >= 0.6 is 27.5 Å². The maximum absolute atomic E-state index is 12.0. The normalized spacial score (nSPS) is 11.1. The fourth-order valence-electron chi connectivity index (χ4n) is 0.940. The Bertz CT molecular complexity index is 421. The molecular formula is C10H7BrClF3O2. The van der Waals surface area contributed by atoms with Gasteiger partial charge >= 0.3 is 6.36 Å². The topological polar surface area (TPSA) is 18.5 Å². The largest absolute Gasteiger partial charge is 0.573 e. The summed E-state index contributed by atoms with van der Waals surface area (Å²) in [6, 6.07) is 3.83. The van der Waals surface area contributed by atoms with Crippen LogP contribution in [0.4, 0.5) is 13.2 Å². The molecule has 0 aliphatic rings. The molecule has 1 aromatic rings. The van der Waals surface area contributed by atoms with Crippen LogP contribution in [0.2, 0.25) is 0 Å². The van der Waals surface area contributed by atoms with Gasteiger partial charge in [-0.3, -0.25) is 0 Å². The minimum atomic E-state index is -4.73. The van der Waals surface area contributed by atoms with Crippen molar-refractivity contribution in [1.82, 2.24) is 0 Å². The average Bonchev–Trinajstić information content (AvgIpc) is 2.17. The third kappa shape index (κ3) is 5.32. The van der Waals surface area contributed by atoms with Gasteiger partial charge in [0.25, 0.3) is 0 Å². The first kappa shape index (κ1) is 14.2. The first-order chi connectivity index (χ1) is 7.78. The molecule has 0 aliphatic carbocycles. The molecule has 0 spiro atoms. The van der Waals surface area contributed by atoms with Crippen molar-refractivity contribution in [1.29, 1.82) is 0 Å². The molecule has 0 saturated heterocycles. The van der Waals surface area contributed by atoms with Gasteiger partial charge < -0.3 is 9.47 Å². The number of halogens is 5. The zero-order chi connectivity index (χ0) is 13.1. The molecule has 0 saturated carbocycles. The van der Waals surface area contributed by atoms with Crippen molar-refractivity contribution in [2.24, 2.45) is 0 Å². The quantitative estimate of drug-likeness (QED) is 0.810. The van der Waals surface area contributed by atoms with E-state index in [1.807, 2.05) is 0 Å². The molecule has 0 radical (unpaired) electrons. The van der Waals surface area contributed by atoms with E-state index in [2.05, 4.69) is 27.2 Å². The summed E-state index contributed by atoms with van der Waals surface area (Å²) in [5.74, 6) is 0.0164. The van der Waals surface area contributed by atoms with Crippen LogP contribution in [0, 0.1) is 0 Å². The van der Waals surface area contributed by atoms with Crippen LogP contribution < -0.4 is 9.47 Å². The molecule has 0 bridgehead atoms. The lowest BCUT2D eigenvalue weighted by Crippen LogP contribution is -2.17. The Morgan fingerprint density at radius 1 is 1.41 bits per heavy atom. The van der Waals surface area contributed by atoms with Gasteiger partial charge in [0.05, 0.1) is 4.47 Å². The summed E-state index contributed by atoms with van der Waals surface area (Å²) in [5, 5.41) is 0.289. The van der Waals surface area contributed by atoms with Crippen molar-refractivity contribution >= 4 is 27.5 Å². The van der Waals surface area contributed by atoms with Gasteiger partial charge in [-0.05, 0) is 34.1 Å². The lowest BCUT2D eigenvalue weighted by atomic mass is 10.3. The van der Waals surface area contributed by atoms with Crippen molar-refractivity contribution < 1.29 is 22.6 Å². The predicted octanol–water partition coefficient (Wildman–Crippen LogP) is 4.48. The van der Waals surface area contributed by atoms with Gasteiger partial charge in [0.2, 0.25) is 0 Å². The van der Waals surface area contributed by atoms with Crippen LogP contribution in [-0.2, 0) is 0 Å². The van der Waals surface area contributed by atoms with Gasteiger partial charge in [0.15, 0.2) is 0 Å². The summed E-state index contributed by atoms with van der Waals surface area (Å²) in [6.07, 6.45) is -4.73. The van der Waals surface area contributed by atoms with Crippen LogP contribution in [0.1, 0.15) is 0 Å². The van der Waals surface area contributed by atoms with E-state index >= 15 is 0 Å². The van der Waals surface area contributed by atoms with Crippen LogP contribution in [0.3, 0.4) is 0 Å². The van der Waals surface area contributed by atoms with Crippen LogP contribution in [-0.4, -0.2) is 13.0 Å². The Kier molecular flexibility index (Phi) is 4.70. The van der Waals surface area contributed by atoms with Gasteiger partial charge in [-0.1, -0.05) is 18.2 Å². The highest BCUT2D eigenvalue weighted by Crippen LogP contribution is 2.33. The monoisotopic (exact) mass is 330 g/mol. The van der Waals surface area contributed by atoms with Crippen molar-refractivity contribution in [3.63, 3.8) is 0 Å². The lowest BCUT2D eigenvalue weighted by molar-refractivity contribution is -0.274. The molecule has 0 heterocycles. The van der Waals surface area contributed by atoms with Gasteiger partial charge in [-0.15, -0.1) is 13.2 Å². The molecule has 94 valence electrons. The van der Waals surface area contributed by atoms with E-state index in [9.17, 15) is 13.2 Å². The highest BCUT2D eigenvalue weighted by molar-refractivity contribution is 9.10. The first-order valence-electron chi connectivity index (χ1n) is 4.29. The van der Waals surface area contributed by atoms with E-state index in [1.54, 1.807) is 0 Å². The minimum absolute atomic E-state index is 0.0769. The smallest absolute Gasteiger partial charge is 0.488 e. The fraction of sp³-hybridized carbons (Fsp3) is 0.200. The van der Waals surface area contributed by atoms with Crippen LogP contribution in [0.15, 0.2) is 34.3 Å². The summed E-state index contributed by atoms with van der Waals surface area (Å²) in [6.45, 7) is 3.49. The Morgan fingerprint density at radius 2 is 2.06 bits per heavy atom. The van der Waals surface area contributed by atoms with E-state index in [-0.39, 0.29) is 21.9 Å². The zero-order valence-electron chi connectivity index (χ0n) is 8.35. The van der Waals surface area contributed by atoms with E-state index in [0.29, 0.717) is 5.75 Å². The molecule has 0 aliphatic heterocycles. The molecule has 0 fully saturated rings. The van der Waals surface area contributed by atoms with Crippen molar-refractivity contribution in [3.05, 3.63) is 34.3 Å². The Balaban J connectivity index is 2.76. The molecular weight excluding hydrogens is 324 g/mol. The molecule has 2 nitrogen and oxygen atoms in total. The van der Waals surface area contributed by atoms with Crippen molar-refractivity contribution in [2.45, 2.75) is 6.36 Å². The maximum Gasteiger partial charge on any atom is 0.573 e. The minimum Gasteiger partial charge on any atom is -0.488 e. The third-order valence-electron chi connectivity index (χ3n) is 1.52. The third-order valence-corrected chi connectivity index (χ3v) is 2.25. The van der Waals surface area contributed by atoms with Gasteiger partial charge in [-0.2, -0.15) is 0 Å². The number of rotatable bonds is 4. The van der Waals surface area contributed by atoms with E-state index in [4.69, 9.17) is 16.3 Å². The Hall–Kier alpha value is -0.880. The lowest BCUT2D eigenvalue weighted by Gasteiger charge is -2.11. The number of ether oxygens (including phenoxy) is 2. The SMILES string of the molecule is C=C(Cl)COc1ccc(OC(F)(F)F)c(Br)c1. The van der Waals surface area contributed by atoms with E-state index in [0.717, 1.165) is 6.07 Å². The Morgan fingerprint density at radius 3 is 2.53 bits per heavy atom. The fourth-order valence-corrected chi connectivity index (χ4v) is 1.43. The highest BCUT2D eigenvalue weighted by atomic mass is 79.9. The van der Waals surface area contributed by atoms with Crippen molar-refractivity contribution in [3.8, 4) is 11.5 Å². The highest BCUT2D eigenvalue weighted by Gasteiger charge is 2.31. The van der Waals surface area contributed by atoms with Gasteiger partial charge in [-0.25, -0.2) is 0 Å². The standard InChI is InChI=1S/C10H7BrClF3O2/c1-6(12)5-16-7-2-3-9(8(11)4-7)17-10(13,14)15/h2-4H,1,5H2. The molecule has 0 aromatic heterocycles. The molecule has 7 heteroatoms. The number of hydrogen-bond donors (Lipinski definition) is 0. The number of benzene rings is 1. The van der Waals surface area contributed by atoms with Crippen LogP contribution in [0.25, 0.3) is 0 Å². The summed E-state index contributed by atoms with van der Waals surface area (Å²) in [4.78, 5) is 0. The van der Waals surface area contributed by atoms with Crippen LogP contribution in [0.5, 0.6) is 11.5 Å². The summed E-state index contributed by atoms with van der Waals surface area (Å²) < 4.78 is 45.0. The van der Waals surface area contributed by atoms with E-state index in [1.165, 1.54) is 12.1 Å². The van der Waals surface area contributed by atoms with Crippen molar-refractivity contribution in [2.75, 3.05) is 6.61 Å². The van der Waals surface area contributed by atoms with Gasteiger partial charge in [0.1, 0.15) is 18.1 Å². The second-order valence-corrected chi connectivity index (χ2v) is 4.33.